The zero-order valence-corrected chi connectivity index (χ0v) is 17.7. The minimum atomic E-state index is -3.67. The summed E-state index contributed by atoms with van der Waals surface area (Å²) in [6.45, 7) is 1.33. The van der Waals surface area contributed by atoms with Gasteiger partial charge in [0, 0.05) is 30.2 Å². The van der Waals surface area contributed by atoms with E-state index in [1.165, 1.54) is 21.3 Å². The van der Waals surface area contributed by atoms with Crippen LogP contribution in [0.3, 0.4) is 0 Å². The molecule has 1 amide bonds. The van der Waals surface area contributed by atoms with E-state index in [1.54, 1.807) is 37.4 Å². The van der Waals surface area contributed by atoms with Crippen LogP contribution in [-0.2, 0) is 14.8 Å². The molecule has 1 aliphatic heterocycles. The Balaban J connectivity index is 1.89. The SMILES string of the molecule is CN(C(=O)c1cccc(S(=O)(=O)N2CCOCC2)c1)c1ccc(Br)cc1Cl. The molecule has 0 spiro atoms. The first-order valence-corrected chi connectivity index (χ1v) is 10.8. The number of morpholine rings is 1. The number of hydrogen-bond acceptors (Lipinski definition) is 4. The van der Waals surface area contributed by atoms with Crippen LogP contribution in [0.2, 0.25) is 5.02 Å². The van der Waals surface area contributed by atoms with Crippen LogP contribution < -0.4 is 4.90 Å². The summed E-state index contributed by atoms with van der Waals surface area (Å²) in [4.78, 5) is 14.4. The molecule has 1 heterocycles. The second-order valence-corrected chi connectivity index (χ2v) is 9.27. The first-order valence-electron chi connectivity index (χ1n) is 8.22. The zero-order valence-electron chi connectivity index (χ0n) is 14.6. The van der Waals surface area contributed by atoms with Crippen molar-refractivity contribution in [2.45, 2.75) is 4.90 Å². The van der Waals surface area contributed by atoms with Gasteiger partial charge in [0.1, 0.15) is 0 Å². The Hall–Kier alpha value is -1.45. The molecule has 0 unspecified atom stereocenters. The molecule has 3 rings (SSSR count). The largest absolute Gasteiger partial charge is 0.379 e. The summed E-state index contributed by atoms with van der Waals surface area (Å²) in [7, 11) is -2.07. The molecule has 2 aromatic carbocycles. The summed E-state index contributed by atoms with van der Waals surface area (Å²) in [5.41, 5.74) is 0.803. The number of halogens is 2. The van der Waals surface area contributed by atoms with Crippen LogP contribution >= 0.6 is 27.5 Å². The van der Waals surface area contributed by atoms with Crippen LogP contribution in [0.4, 0.5) is 5.69 Å². The van der Waals surface area contributed by atoms with Crippen LogP contribution in [0, 0.1) is 0 Å². The van der Waals surface area contributed by atoms with Gasteiger partial charge in [0.25, 0.3) is 5.91 Å². The summed E-state index contributed by atoms with van der Waals surface area (Å²) in [6.07, 6.45) is 0. The van der Waals surface area contributed by atoms with Gasteiger partial charge in [-0.15, -0.1) is 0 Å². The van der Waals surface area contributed by atoms with Crippen LogP contribution in [-0.4, -0.2) is 52.0 Å². The summed E-state index contributed by atoms with van der Waals surface area (Å²) in [5, 5.41) is 0.414. The van der Waals surface area contributed by atoms with Crippen molar-refractivity contribution in [1.29, 1.82) is 0 Å². The van der Waals surface area contributed by atoms with Crippen molar-refractivity contribution in [2.24, 2.45) is 0 Å². The number of carbonyl (C=O) groups is 1. The molecule has 0 bridgehead atoms. The summed E-state index contributed by atoms with van der Waals surface area (Å²) in [6, 6.07) is 11.2. The highest BCUT2D eigenvalue weighted by Crippen LogP contribution is 2.29. The smallest absolute Gasteiger partial charge is 0.258 e. The molecule has 0 radical (unpaired) electrons. The highest BCUT2D eigenvalue weighted by Gasteiger charge is 2.27. The van der Waals surface area contributed by atoms with Gasteiger partial charge in [-0.25, -0.2) is 8.42 Å². The van der Waals surface area contributed by atoms with E-state index in [9.17, 15) is 13.2 Å². The molecule has 0 N–H and O–H groups in total. The van der Waals surface area contributed by atoms with Crippen molar-refractivity contribution < 1.29 is 17.9 Å². The van der Waals surface area contributed by atoms with E-state index in [4.69, 9.17) is 16.3 Å². The van der Waals surface area contributed by atoms with Gasteiger partial charge >= 0.3 is 0 Å². The van der Waals surface area contributed by atoms with Gasteiger partial charge in [0.2, 0.25) is 10.0 Å². The van der Waals surface area contributed by atoms with E-state index >= 15 is 0 Å². The van der Waals surface area contributed by atoms with Crippen LogP contribution in [0.1, 0.15) is 10.4 Å². The first-order chi connectivity index (χ1) is 12.8. The second-order valence-electron chi connectivity index (χ2n) is 6.00. The van der Waals surface area contributed by atoms with E-state index in [0.29, 0.717) is 37.0 Å². The third-order valence-corrected chi connectivity index (χ3v) is 6.96. The maximum absolute atomic E-state index is 12.9. The van der Waals surface area contributed by atoms with E-state index in [1.807, 2.05) is 0 Å². The second kappa shape index (κ2) is 8.28. The standard InChI is InChI=1S/C18H18BrClN2O4S/c1-21(17-6-5-14(19)12-16(17)20)18(23)13-3-2-4-15(11-13)27(24,25)22-7-9-26-10-8-22/h2-6,11-12H,7-10H2,1H3. The first kappa shape index (κ1) is 20.3. The predicted molar refractivity (Wildman–Crippen MR) is 108 cm³/mol. The number of nitrogens with zero attached hydrogens (tertiary/aromatic N) is 2. The fourth-order valence-electron chi connectivity index (χ4n) is 2.78. The van der Waals surface area contributed by atoms with Crippen molar-refractivity contribution in [2.75, 3.05) is 38.3 Å². The third kappa shape index (κ3) is 4.35. The van der Waals surface area contributed by atoms with Gasteiger partial charge in [-0.3, -0.25) is 4.79 Å². The Bertz CT molecular complexity index is 962. The average molecular weight is 474 g/mol. The fraction of sp³-hybridized carbons (Fsp3) is 0.278. The van der Waals surface area contributed by atoms with Crippen molar-refractivity contribution in [3.63, 3.8) is 0 Å². The average Bonchev–Trinajstić information content (AvgIpc) is 2.67. The third-order valence-electron chi connectivity index (χ3n) is 4.26. The Labute approximate surface area is 171 Å². The normalized spacial score (nSPS) is 15.5. The zero-order chi connectivity index (χ0) is 19.6. The maximum Gasteiger partial charge on any atom is 0.258 e. The number of ether oxygens (including phenoxy) is 1. The number of carbonyl (C=O) groups excluding carboxylic acids is 1. The summed E-state index contributed by atoms with van der Waals surface area (Å²) >= 11 is 9.55. The minimum absolute atomic E-state index is 0.0885. The highest BCUT2D eigenvalue weighted by atomic mass is 79.9. The van der Waals surface area contributed by atoms with Gasteiger partial charge < -0.3 is 9.64 Å². The van der Waals surface area contributed by atoms with E-state index < -0.39 is 10.0 Å². The number of hydrogen-bond donors (Lipinski definition) is 0. The number of rotatable bonds is 4. The Morgan fingerprint density at radius 1 is 1.19 bits per heavy atom. The maximum atomic E-state index is 12.9. The van der Waals surface area contributed by atoms with Crippen LogP contribution in [0.25, 0.3) is 0 Å². The molecular formula is C18H18BrClN2O4S. The lowest BCUT2D eigenvalue weighted by molar-refractivity contribution is 0.0730. The topological polar surface area (TPSA) is 66.9 Å². The molecule has 6 nitrogen and oxygen atoms in total. The van der Waals surface area contributed by atoms with Gasteiger partial charge in [0.15, 0.2) is 0 Å². The van der Waals surface area contributed by atoms with Crippen molar-refractivity contribution in [3.8, 4) is 0 Å². The lowest BCUT2D eigenvalue weighted by Gasteiger charge is -2.26. The molecule has 0 aromatic heterocycles. The Morgan fingerprint density at radius 2 is 1.89 bits per heavy atom. The van der Waals surface area contributed by atoms with Gasteiger partial charge in [-0.05, 0) is 36.4 Å². The summed E-state index contributed by atoms with van der Waals surface area (Å²) in [5.74, 6) is -0.349. The lowest BCUT2D eigenvalue weighted by Crippen LogP contribution is -2.40. The molecule has 144 valence electrons. The monoisotopic (exact) mass is 472 g/mol. The van der Waals surface area contributed by atoms with Crippen molar-refractivity contribution >= 4 is 49.1 Å². The number of amides is 1. The lowest BCUT2D eigenvalue weighted by atomic mass is 10.2. The van der Waals surface area contributed by atoms with Crippen LogP contribution in [0.5, 0.6) is 0 Å². The molecule has 1 fully saturated rings. The molecule has 0 aliphatic carbocycles. The minimum Gasteiger partial charge on any atom is -0.379 e. The van der Waals surface area contributed by atoms with Gasteiger partial charge in [-0.2, -0.15) is 4.31 Å². The molecule has 1 saturated heterocycles. The molecule has 27 heavy (non-hydrogen) atoms. The fourth-order valence-corrected chi connectivity index (χ4v) is 5.04. The predicted octanol–water partition coefficient (Wildman–Crippen LogP) is 3.40. The van der Waals surface area contributed by atoms with Crippen molar-refractivity contribution in [1.82, 2.24) is 4.31 Å². The van der Waals surface area contributed by atoms with E-state index in [0.717, 1.165) is 4.47 Å². The molecular weight excluding hydrogens is 456 g/mol. The van der Waals surface area contributed by atoms with E-state index in [2.05, 4.69) is 15.9 Å². The van der Waals surface area contributed by atoms with E-state index in [-0.39, 0.29) is 16.4 Å². The molecule has 0 atom stereocenters. The molecule has 2 aromatic rings. The molecule has 9 heteroatoms. The van der Waals surface area contributed by atoms with Crippen molar-refractivity contribution in [3.05, 3.63) is 57.5 Å². The number of benzene rings is 2. The Kier molecular flexibility index (Phi) is 6.22. The summed E-state index contributed by atoms with van der Waals surface area (Å²) < 4.78 is 33.0. The highest BCUT2D eigenvalue weighted by molar-refractivity contribution is 9.10. The van der Waals surface area contributed by atoms with Crippen LogP contribution in [0.15, 0.2) is 51.8 Å². The number of sulfonamides is 1. The molecule has 1 aliphatic rings. The molecule has 0 saturated carbocycles. The Morgan fingerprint density at radius 3 is 2.56 bits per heavy atom. The van der Waals surface area contributed by atoms with Gasteiger partial charge in [0.05, 0.1) is 28.8 Å². The van der Waals surface area contributed by atoms with Gasteiger partial charge in [-0.1, -0.05) is 33.6 Å². The number of anilines is 1. The quantitative estimate of drug-likeness (QED) is 0.683.